The molecular weight excluding hydrogens is 339 g/mol. The molecule has 0 fully saturated rings. The number of carbonyl (C=O) groups is 2. The third-order valence-electron chi connectivity index (χ3n) is 1.87. The predicted octanol–water partition coefficient (Wildman–Crippen LogP) is 0.858. The van der Waals surface area contributed by atoms with Gasteiger partial charge in [-0.1, -0.05) is 6.07 Å². The maximum atomic E-state index is 11.4. The number of amides is 2. The smallest absolute Gasteiger partial charge is 0.328 e. The zero-order valence-electron chi connectivity index (χ0n) is 8.68. The molecule has 1 atom stereocenters. The number of carboxylic acid groups (broad SMARTS) is 1. The Kier molecular flexibility index (Phi) is 5.16. The van der Waals surface area contributed by atoms with Crippen molar-refractivity contribution in [2.45, 2.75) is 6.04 Å². The Morgan fingerprint density at radius 3 is 2.65 bits per heavy atom. The fourth-order valence-corrected chi connectivity index (χ4v) is 1.62. The lowest BCUT2D eigenvalue weighted by Crippen LogP contribution is -2.45. The molecule has 0 aromatic heterocycles. The van der Waals surface area contributed by atoms with E-state index in [1.165, 1.54) is 0 Å². The minimum Gasteiger partial charge on any atom is -0.480 e. The number of aliphatic hydroxyl groups is 1. The van der Waals surface area contributed by atoms with E-state index >= 15 is 0 Å². The van der Waals surface area contributed by atoms with E-state index in [1.54, 1.807) is 18.2 Å². The van der Waals surface area contributed by atoms with Gasteiger partial charge in [0, 0.05) is 9.26 Å². The molecule has 1 unspecified atom stereocenters. The van der Waals surface area contributed by atoms with Crippen LogP contribution in [-0.2, 0) is 4.79 Å². The summed E-state index contributed by atoms with van der Waals surface area (Å²) in [6.07, 6.45) is 0. The minimum atomic E-state index is -1.31. The molecule has 17 heavy (non-hydrogen) atoms. The highest BCUT2D eigenvalue weighted by molar-refractivity contribution is 14.1. The average Bonchev–Trinajstić information content (AvgIpc) is 2.25. The standard InChI is InChI=1S/C10H11IN2O4/c11-6-2-1-3-7(4-6)12-10(17)13-8(5-14)9(15)16/h1-4,8,14H,5H2,(H,15,16)(H2,12,13,17). The number of hydrogen-bond acceptors (Lipinski definition) is 3. The normalized spacial score (nSPS) is 11.6. The maximum Gasteiger partial charge on any atom is 0.328 e. The first-order chi connectivity index (χ1) is 8.02. The van der Waals surface area contributed by atoms with E-state index in [1.807, 2.05) is 6.07 Å². The van der Waals surface area contributed by atoms with Crippen LogP contribution in [0.15, 0.2) is 24.3 Å². The number of carbonyl (C=O) groups excluding carboxylic acids is 1. The van der Waals surface area contributed by atoms with Gasteiger partial charge < -0.3 is 20.8 Å². The predicted molar refractivity (Wildman–Crippen MR) is 69.8 cm³/mol. The van der Waals surface area contributed by atoms with Crippen molar-refractivity contribution in [2.24, 2.45) is 0 Å². The second-order valence-corrected chi connectivity index (χ2v) is 4.43. The highest BCUT2D eigenvalue weighted by atomic mass is 127. The van der Waals surface area contributed by atoms with Crippen LogP contribution in [0.4, 0.5) is 10.5 Å². The second-order valence-electron chi connectivity index (χ2n) is 3.18. The van der Waals surface area contributed by atoms with Crippen LogP contribution in [0.2, 0.25) is 0 Å². The molecule has 4 N–H and O–H groups in total. The lowest BCUT2D eigenvalue weighted by molar-refractivity contribution is -0.140. The van der Waals surface area contributed by atoms with Crippen LogP contribution in [-0.4, -0.2) is 34.9 Å². The fraction of sp³-hybridized carbons (Fsp3) is 0.200. The summed E-state index contributed by atoms with van der Waals surface area (Å²) in [6, 6.07) is 5.05. The molecule has 0 aliphatic carbocycles. The molecule has 0 saturated heterocycles. The van der Waals surface area contributed by atoms with Gasteiger partial charge in [0.2, 0.25) is 0 Å². The largest absolute Gasteiger partial charge is 0.480 e. The van der Waals surface area contributed by atoms with Gasteiger partial charge >= 0.3 is 12.0 Å². The number of benzene rings is 1. The molecule has 0 heterocycles. The van der Waals surface area contributed by atoms with Crippen LogP contribution in [0.25, 0.3) is 0 Å². The number of nitrogens with one attached hydrogen (secondary N) is 2. The van der Waals surface area contributed by atoms with Crippen LogP contribution in [0.5, 0.6) is 0 Å². The molecule has 6 nitrogen and oxygen atoms in total. The Hall–Kier alpha value is -1.35. The summed E-state index contributed by atoms with van der Waals surface area (Å²) in [5.41, 5.74) is 0.552. The number of aliphatic hydroxyl groups excluding tert-OH is 1. The zero-order chi connectivity index (χ0) is 12.8. The Balaban J connectivity index is 2.58. The summed E-state index contributed by atoms with van der Waals surface area (Å²) in [6.45, 7) is -0.658. The van der Waals surface area contributed by atoms with Gasteiger partial charge in [0.25, 0.3) is 0 Å². The highest BCUT2D eigenvalue weighted by Gasteiger charge is 2.18. The lowest BCUT2D eigenvalue weighted by Gasteiger charge is -2.12. The summed E-state index contributed by atoms with van der Waals surface area (Å²) >= 11 is 2.09. The number of aliphatic carboxylic acids is 1. The van der Waals surface area contributed by atoms with Crippen molar-refractivity contribution < 1.29 is 19.8 Å². The SMILES string of the molecule is O=C(Nc1cccc(I)c1)NC(CO)C(=O)O. The highest BCUT2D eigenvalue weighted by Crippen LogP contribution is 2.11. The first-order valence-electron chi connectivity index (χ1n) is 4.69. The maximum absolute atomic E-state index is 11.4. The van der Waals surface area contributed by atoms with Crippen molar-refractivity contribution >= 4 is 40.3 Å². The number of anilines is 1. The van der Waals surface area contributed by atoms with E-state index in [0.29, 0.717) is 5.69 Å². The summed E-state index contributed by atoms with van der Waals surface area (Å²) in [5.74, 6) is -1.29. The van der Waals surface area contributed by atoms with E-state index in [-0.39, 0.29) is 0 Å². The number of rotatable bonds is 4. The Labute approximate surface area is 111 Å². The number of hydrogen-bond donors (Lipinski definition) is 4. The van der Waals surface area contributed by atoms with Crippen LogP contribution < -0.4 is 10.6 Å². The molecule has 0 bridgehead atoms. The molecule has 0 aliphatic heterocycles. The third kappa shape index (κ3) is 4.57. The third-order valence-corrected chi connectivity index (χ3v) is 2.54. The number of carboxylic acids is 1. The Morgan fingerprint density at radius 2 is 2.12 bits per heavy atom. The van der Waals surface area contributed by atoms with Crippen LogP contribution in [0, 0.1) is 3.57 Å². The van der Waals surface area contributed by atoms with Crippen molar-refractivity contribution in [3.8, 4) is 0 Å². The first kappa shape index (κ1) is 13.7. The van der Waals surface area contributed by atoms with Gasteiger partial charge in [0.05, 0.1) is 6.61 Å². The molecule has 0 radical (unpaired) electrons. The van der Waals surface area contributed by atoms with Gasteiger partial charge in [0.1, 0.15) is 0 Å². The molecule has 7 heteroatoms. The fourth-order valence-electron chi connectivity index (χ4n) is 1.08. The van der Waals surface area contributed by atoms with Gasteiger partial charge in [-0.3, -0.25) is 0 Å². The topological polar surface area (TPSA) is 98.7 Å². The van der Waals surface area contributed by atoms with Crippen molar-refractivity contribution in [2.75, 3.05) is 11.9 Å². The molecule has 2 amide bonds. The Morgan fingerprint density at radius 1 is 1.41 bits per heavy atom. The molecule has 1 aromatic rings. The number of halogens is 1. The summed E-state index contributed by atoms with van der Waals surface area (Å²) in [5, 5.41) is 22.0. The molecule has 92 valence electrons. The van der Waals surface area contributed by atoms with E-state index in [9.17, 15) is 9.59 Å². The lowest BCUT2D eigenvalue weighted by atomic mass is 10.3. The summed E-state index contributed by atoms with van der Waals surface area (Å²) in [4.78, 5) is 22.0. The quantitative estimate of drug-likeness (QED) is 0.606. The number of urea groups is 1. The average molecular weight is 350 g/mol. The minimum absolute atomic E-state index is 0.552. The first-order valence-corrected chi connectivity index (χ1v) is 5.77. The van der Waals surface area contributed by atoms with Gasteiger partial charge in [-0.2, -0.15) is 0 Å². The van der Waals surface area contributed by atoms with E-state index in [4.69, 9.17) is 10.2 Å². The van der Waals surface area contributed by atoms with Crippen LogP contribution in [0.1, 0.15) is 0 Å². The van der Waals surface area contributed by atoms with E-state index < -0.39 is 24.6 Å². The van der Waals surface area contributed by atoms with Gasteiger partial charge in [-0.25, -0.2) is 9.59 Å². The van der Waals surface area contributed by atoms with E-state index in [0.717, 1.165) is 3.57 Å². The molecule has 0 spiro atoms. The van der Waals surface area contributed by atoms with Crippen LogP contribution >= 0.6 is 22.6 Å². The molecular formula is C10H11IN2O4. The van der Waals surface area contributed by atoms with Crippen molar-refractivity contribution in [3.05, 3.63) is 27.8 Å². The zero-order valence-corrected chi connectivity index (χ0v) is 10.8. The van der Waals surface area contributed by atoms with Gasteiger partial charge in [-0.05, 0) is 40.8 Å². The second kappa shape index (κ2) is 6.40. The van der Waals surface area contributed by atoms with E-state index in [2.05, 4.69) is 33.2 Å². The van der Waals surface area contributed by atoms with Crippen LogP contribution in [0.3, 0.4) is 0 Å². The molecule has 0 saturated carbocycles. The Bertz CT molecular complexity index is 425. The summed E-state index contributed by atoms with van der Waals surface area (Å²) in [7, 11) is 0. The van der Waals surface area contributed by atoms with Crippen molar-refractivity contribution in [1.82, 2.24) is 5.32 Å². The summed E-state index contributed by atoms with van der Waals surface area (Å²) < 4.78 is 0.942. The van der Waals surface area contributed by atoms with Gasteiger partial charge in [0.15, 0.2) is 6.04 Å². The van der Waals surface area contributed by atoms with Crippen molar-refractivity contribution in [1.29, 1.82) is 0 Å². The van der Waals surface area contributed by atoms with Gasteiger partial charge in [-0.15, -0.1) is 0 Å². The molecule has 1 rings (SSSR count). The van der Waals surface area contributed by atoms with Crippen molar-refractivity contribution in [3.63, 3.8) is 0 Å². The molecule has 1 aromatic carbocycles. The molecule has 0 aliphatic rings. The monoisotopic (exact) mass is 350 g/mol.